The quantitative estimate of drug-likeness (QED) is 0.287. The molecule has 0 fully saturated rings. The van der Waals surface area contributed by atoms with Gasteiger partial charge in [0.1, 0.15) is 12.6 Å². The minimum atomic E-state index is -4.27. The Bertz CT molecular complexity index is 1540. The van der Waals surface area contributed by atoms with Gasteiger partial charge in [-0.05, 0) is 87.6 Å². The average Bonchev–Trinajstić information content (AvgIpc) is 2.97. The van der Waals surface area contributed by atoms with E-state index in [4.69, 9.17) is 9.47 Å². The average molecular weight is 610 g/mol. The zero-order chi connectivity index (χ0) is 31.9. The number of amides is 2. The summed E-state index contributed by atoms with van der Waals surface area (Å²) >= 11 is 0. The fourth-order valence-electron chi connectivity index (χ4n) is 4.75. The highest BCUT2D eigenvalue weighted by Gasteiger charge is 2.33. The first-order valence-electron chi connectivity index (χ1n) is 14.3. The van der Waals surface area contributed by atoms with Crippen LogP contribution in [0, 0.1) is 20.8 Å². The number of hydrogen-bond donors (Lipinski definition) is 1. The highest BCUT2D eigenvalue weighted by atomic mass is 32.2. The summed E-state index contributed by atoms with van der Waals surface area (Å²) in [5.41, 5.74) is 3.84. The van der Waals surface area contributed by atoms with Crippen LogP contribution in [0.2, 0.25) is 0 Å². The topological polar surface area (TPSA) is 105 Å². The summed E-state index contributed by atoms with van der Waals surface area (Å²) in [6.45, 7) is 10.8. The molecule has 0 saturated heterocycles. The van der Waals surface area contributed by atoms with Crippen molar-refractivity contribution in [1.29, 1.82) is 0 Å². The van der Waals surface area contributed by atoms with E-state index in [1.165, 1.54) is 37.3 Å². The molecule has 2 atom stereocenters. The van der Waals surface area contributed by atoms with E-state index in [9.17, 15) is 18.0 Å². The molecule has 0 aliphatic carbocycles. The van der Waals surface area contributed by atoms with Crippen molar-refractivity contribution >= 4 is 27.5 Å². The van der Waals surface area contributed by atoms with Gasteiger partial charge in [0.05, 0.1) is 24.8 Å². The molecule has 0 unspecified atom stereocenters. The molecule has 0 radical (unpaired) electrons. The number of nitrogens with one attached hydrogen (secondary N) is 1. The van der Waals surface area contributed by atoms with Crippen molar-refractivity contribution in [1.82, 2.24) is 10.2 Å². The highest BCUT2D eigenvalue weighted by molar-refractivity contribution is 7.92. The zero-order valence-electron chi connectivity index (χ0n) is 26.3. The number of aryl methyl sites for hydroxylation is 3. The largest absolute Gasteiger partial charge is 0.493 e. The van der Waals surface area contributed by atoms with E-state index < -0.39 is 28.5 Å². The fourth-order valence-corrected chi connectivity index (χ4v) is 6.16. The van der Waals surface area contributed by atoms with Crippen LogP contribution in [0.4, 0.5) is 5.69 Å². The molecule has 10 heteroatoms. The standard InChI is InChI=1S/C33H43N3O6S/c1-9-25(5)34-33(38)26(6)35(20-27-13-11-10-12-24(27)4)32(37)21-36(28-17-22(2)16-23(3)18-28)43(39,40)29-14-15-30(41-7)31(19-29)42-8/h10-19,25-26H,9,20-21H2,1-8H3,(H,34,38)/t25-,26+/m1/s1. The van der Waals surface area contributed by atoms with Gasteiger partial charge in [0.2, 0.25) is 11.8 Å². The number of methoxy groups -OCH3 is 2. The second-order valence-corrected chi connectivity index (χ2v) is 12.7. The fraction of sp³-hybridized carbons (Fsp3) is 0.394. The second kappa shape index (κ2) is 14.4. The number of hydrogen-bond acceptors (Lipinski definition) is 6. The van der Waals surface area contributed by atoms with Gasteiger partial charge in [-0.1, -0.05) is 37.3 Å². The molecule has 0 aromatic heterocycles. The first-order valence-corrected chi connectivity index (χ1v) is 15.7. The van der Waals surface area contributed by atoms with Gasteiger partial charge >= 0.3 is 0 Å². The predicted octanol–water partition coefficient (Wildman–Crippen LogP) is 5.16. The lowest BCUT2D eigenvalue weighted by Gasteiger charge is -2.33. The van der Waals surface area contributed by atoms with Crippen LogP contribution in [0.15, 0.2) is 65.6 Å². The molecule has 3 aromatic rings. The summed E-state index contributed by atoms with van der Waals surface area (Å²) in [6.07, 6.45) is 0.730. The van der Waals surface area contributed by atoms with Gasteiger partial charge in [-0.3, -0.25) is 13.9 Å². The molecule has 3 aromatic carbocycles. The smallest absolute Gasteiger partial charge is 0.264 e. The van der Waals surface area contributed by atoms with Crippen LogP contribution >= 0.6 is 0 Å². The minimum Gasteiger partial charge on any atom is -0.493 e. The molecule has 2 amide bonds. The Morgan fingerprint density at radius 3 is 2.09 bits per heavy atom. The van der Waals surface area contributed by atoms with E-state index in [1.54, 1.807) is 19.1 Å². The molecule has 0 bridgehead atoms. The van der Waals surface area contributed by atoms with Crippen LogP contribution in [0.5, 0.6) is 11.5 Å². The maximum Gasteiger partial charge on any atom is 0.264 e. The van der Waals surface area contributed by atoms with E-state index in [0.717, 1.165) is 33.0 Å². The van der Waals surface area contributed by atoms with Crippen molar-refractivity contribution in [3.8, 4) is 11.5 Å². The third-order valence-electron chi connectivity index (χ3n) is 7.49. The lowest BCUT2D eigenvalue weighted by atomic mass is 10.1. The van der Waals surface area contributed by atoms with Gasteiger partial charge in [0.25, 0.3) is 10.0 Å². The Hall–Kier alpha value is -4.05. The lowest BCUT2D eigenvalue weighted by molar-refractivity contribution is -0.139. The van der Waals surface area contributed by atoms with Crippen molar-refractivity contribution < 1.29 is 27.5 Å². The number of ether oxygens (including phenoxy) is 2. The molecule has 0 spiro atoms. The molecule has 0 saturated carbocycles. The molecule has 1 N–H and O–H groups in total. The summed E-state index contributed by atoms with van der Waals surface area (Å²) in [5, 5.41) is 2.95. The van der Waals surface area contributed by atoms with E-state index in [1.807, 2.05) is 65.0 Å². The van der Waals surface area contributed by atoms with Crippen molar-refractivity contribution in [3.63, 3.8) is 0 Å². The van der Waals surface area contributed by atoms with Crippen molar-refractivity contribution in [2.75, 3.05) is 25.1 Å². The molecule has 232 valence electrons. The maximum absolute atomic E-state index is 14.3. The van der Waals surface area contributed by atoms with Crippen LogP contribution in [-0.4, -0.2) is 58.0 Å². The maximum atomic E-state index is 14.3. The van der Waals surface area contributed by atoms with Gasteiger partial charge in [-0.15, -0.1) is 0 Å². The van der Waals surface area contributed by atoms with Gasteiger partial charge in [-0.2, -0.15) is 0 Å². The molecular formula is C33H43N3O6S. The van der Waals surface area contributed by atoms with Crippen LogP contribution in [-0.2, 0) is 26.2 Å². The first kappa shape index (κ1) is 33.5. The third-order valence-corrected chi connectivity index (χ3v) is 9.26. The minimum absolute atomic E-state index is 0.0647. The number of sulfonamides is 1. The van der Waals surface area contributed by atoms with Gasteiger partial charge in [-0.25, -0.2) is 8.42 Å². The van der Waals surface area contributed by atoms with Crippen molar-refractivity contribution in [2.45, 2.75) is 71.5 Å². The molecule has 0 aliphatic heterocycles. The number of benzene rings is 3. The lowest BCUT2D eigenvalue weighted by Crippen LogP contribution is -2.52. The number of rotatable bonds is 13. The van der Waals surface area contributed by atoms with E-state index in [0.29, 0.717) is 11.4 Å². The van der Waals surface area contributed by atoms with Gasteiger partial charge in [0, 0.05) is 18.7 Å². The Balaban J connectivity index is 2.12. The Labute approximate surface area is 255 Å². The highest BCUT2D eigenvalue weighted by Crippen LogP contribution is 2.33. The summed E-state index contributed by atoms with van der Waals surface area (Å²) < 4.78 is 40.3. The Morgan fingerprint density at radius 1 is 0.884 bits per heavy atom. The van der Waals surface area contributed by atoms with Crippen LogP contribution in [0.1, 0.15) is 49.4 Å². The second-order valence-electron chi connectivity index (χ2n) is 10.8. The van der Waals surface area contributed by atoms with Crippen LogP contribution in [0.3, 0.4) is 0 Å². The van der Waals surface area contributed by atoms with Crippen molar-refractivity contribution in [3.05, 3.63) is 82.9 Å². The molecular weight excluding hydrogens is 566 g/mol. The number of anilines is 1. The van der Waals surface area contributed by atoms with Gasteiger partial charge < -0.3 is 19.7 Å². The molecule has 43 heavy (non-hydrogen) atoms. The molecule has 0 heterocycles. The van der Waals surface area contributed by atoms with Crippen LogP contribution < -0.4 is 19.1 Å². The van der Waals surface area contributed by atoms with E-state index in [2.05, 4.69) is 5.32 Å². The van der Waals surface area contributed by atoms with Gasteiger partial charge in [0.15, 0.2) is 11.5 Å². The van der Waals surface area contributed by atoms with Crippen molar-refractivity contribution in [2.24, 2.45) is 0 Å². The molecule has 0 aliphatic rings. The van der Waals surface area contributed by atoms with Crippen LogP contribution in [0.25, 0.3) is 0 Å². The number of nitrogens with zero attached hydrogens (tertiary/aromatic N) is 2. The number of carbonyl (C=O) groups excluding carboxylic acids is 2. The first-order chi connectivity index (χ1) is 20.3. The third kappa shape index (κ3) is 8.07. The zero-order valence-corrected chi connectivity index (χ0v) is 27.1. The van der Waals surface area contributed by atoms with E-state index >= 15 is 0 Å². The molecule has 3 rings (SSSR count). The summed E-state index contributed by atoms with van der Waals surface area (Å²) in [6, 6.07) is 16.4. The molecule has 9 nitrogen and oxygen atoms in total. The summed E-state index contributed by atoms with van der Waals surface area (Å²) in [4.78, 5) is 28.9. The Kier molecular flexibility index (Phi) is 11.2. The summed E-state index contributed by atoms with van der Waals surface area (Å²) in [5.74, 6) is -0.205. The predicted molar refractivity (Wildman–Crippen MR) is 169 cm³/mol. The SMILES string of the molecule is CC[C@@H](C)NC(=O)[C@H](C)N(Cc1ccccc1C)C(=O)CN(c1cc(C)cc(C)c1)S(=O)(=O)c1ccc(OC)c(OC)c1. The van der Waals surface area contributed by atoms with E-state index in [-0.39, 0.29) is 29.1 Å². The Morgan fingerprint density at radius 2 is 1.51 bits per heavy atom. The normalized spacial score (nSPS) is 12.7. The monoisotopic (exact) mass is 609 g/mol. The summed E-state index contributed by atoms with van der Waals surface area (Å²) in [7, 11) is -1.38. The number of carbonyl (C=O) groups is 2.